The fraction of sp³-hybridized carbons (Fsp3) is 0.375. The molecule has 0 spiro atoms. The molecular weight excluding hydrogens is 330 g/mol. The molecule has 128 valence electrons. The molecule has 1 amide bonds. The third kappa shape index (κ3) is 3.49. The van der Waals surface area contributed by atoms with Gasteiger partial charge in [-0.15, -0.1) is 0 Å². The second kappa shape index (κ2) is 6.74. The Morgan fingerprint density at radius 3 is 2.58 bits per heavy atom. The van der Waals surface area contributed by atoms with Crippen molar-refractivity contribution in [3.8, 4) is 11.3 Å². The molecular formula is C16H19N3O4S. The van der Waals surface area contributed by atoms with Gasteiger partial charge in [0, 0.05) is 31.7 Å². The zero-order valence-corrected chi connectivity index (χ0v) is 14.2. The van der Waals surface area contributed by atoms with Crippen LogP contribution in [0.15, 0.2) is 41.1 Å². The molecule has 1 aromatic carbocycles. The highest BCUT2D eigenvalue weighted by Gasteiger charge is 2.27. The number of nitrogens with zero attached hydrogens (tertiary/aromatic N) is 3. The highest BCUT2D eigenvalue weighted by atomic mass is 32.2. The Morgan fingerprint density at radius 2 is 1.88 bits per heavy atom. The van der Waals surface area contributed by atoms with Crippen LogP contribution in [-0.4, -0.2) is 60.9 Å². The molecule has 0 saturated carbocycles. The lowest BCUT2D eigenvalue weighted by molar-refractivity contribution is 0.0759. The van der Waals surface area contributed by atoms with Crippen LogP contribution >= 0.6 is 0 Å². The molecule has 8 heteroatoms. The largest absolute Gasteiger partial charge is 0.443 e. The first-order chi connectivity index (χ1) is 11.5. The van der Waals surface area contributed by atoms with E-state index in [9.17, 15) is 13.2 Å². The molecule has 0 aliphatic carbocycles. The van der Waals surface area contributed by atoms with E-state index < -0.39 is 10.0 Å². The maximum absolute atomic E-state index is 12.8. The molecule has 24 heavy (non-hydrogen) atoms. The van der Waals surface area contributed by atoms with Gasteiger partial charge in [-0.2, -0.15) is 0 Å². The highest BCUT2D eigenvalue weighted by Crippen LogP contribution is 2.24. The number of carbonyl (C=O) groups is 1. The predicted octanol–water partition coefficient (Wildman–Crippen LogP) is 1.45. The SMILES string of the molecule is CS(=O)(=O)N1CCCN(C(=O)c2ncoc2-c2ccccc2)CC1. The Labute approximate surface area is 140 Å². The smallest absolute Gasteiger partial charge is 0.276 e. The fourth-order valence-electron chi connectivity index (χ4n) is 2.77. The van der Waals surface area contributed by atoms with Crippen LogP contribution in [0.1, 0.15) is 16.9 Å². The molecule has 0 unspecified atom stereocenters. The summed E-state index contributed by atoms with van der Waals surface area (Å²) in [7, 11) is -3.24. The lowest BCUT2D eigenvalue weighted by Gasteiger charge is -2.20. The van der Waals surface area contributed by atoms with Gasteiger partial charge in [0.1, 0.15) is 0 Å². The molecule has 2 heterocycles. The second-order valence-corrected chi connectivity index (χ2v) is 7.69. The van der Waals surface area contributed by atoms with Crippen LogP contribution in [-0.2, 0) is 10.0 Å². The van der Waals surface area contributed by atoms with Crippen LogP contribution in [0.4, 0.5) is 0 Å². The summed E-state index contributed by atoms with van der Waals surface area (Å²) in [4.78, 5) is 18.5. The first-order valence-electron chi connectivity index (χ1n) is 7.70. The van der Waals surface area contributed by atoms with E-state index in [0.717, 1.165) is 5.56 Å². The number of benzene rings is 1. The number of hydrogen-bond donors (Lipinski definition) is 0. The Balaban J connectivity index is 1.80. The van der Waals surface area contributed by atoms with Gasteiger partial charge in [-0.1, -0.05) is 30.3 Å². The molecule has 3 rings (SSSR count). The van der Waals surface area contributed by atoms with Crippen molar-refractivity contribution in [3.05, 3.63) is 42.4 Å². The third-order valence-corrected chi connectivity index (χ3v) is 5.32. The van der Waals surface area contributed by atoms with Gasteiger partial charge in [0.2, 0.25) is 10.0 Å². The molecule has 1 aliphatic rings. The first-order valence-corrected chi connectivity index (χ1v) is 9.55. The molecule has 1 aliphatic heterocycles. The number of oxazole rings is 1. The van der Waals surface area contributed by atoms with E-state index in [1.807, 2.05) is 30.3 Å². The zero-order chi connectivity index (χ0) is 17.2. The van der Waals surface area contributed by atoms with Gasteiger partial charge in [0.05, 0.1) is 6.26 Å². The Bertz CT molecular complexity index is 817. The zero-order valence-electron chi connectivity index (χ0n) is 13.4. The minimum Gasteiger partial charge on any atom is -0.443 e. The molecule has 0 N–H and O–H groups in total. The average Bonchev–Trinajstić information content (AvgIpc) is 2.90. The number of hydrogen-bond acceptors (Lipinski definition) is 5. The first kappa shape index (κ1) is 16.7. The van der Waals surface area contributed by atoms with Crippen molar-refractivity contribution in [2.75, 3.05) is 32.4 Å². The molecule has 1 fully saturated rings. The molecule has 1 saturated heterocycles. The van der Waals surface area contributed by atoms with Crippen LogP contribution < -0.4 is 0 Å². The van der Waals surface area contributed by atoms with Crippen molar-refractivity contribution in [2.24, 2.45) is 0 Å². The van der Waals surface area contributed by atoms with Crippen molar-refractivity contribution < 1.29 is 17.6 Å². The Morgan fingerprint density at radius 1 is 1.12 bits per heavy atom. The average molecular weight is 349 g/mol. The molecule has 0 radical (unpaired) electrons. The van der Waals surface area contributed by atoms with Crippen LogP contribution in [0, 0.1) is 0 Å². The van der Waals surface area contributed by atoms with E-state index in [-0.39, 0.29) is 11.6 Å². The van der Waals surface area contributed by atoms with E-state index in [0.29, 0.717) is 38.4 Å². The van der Waals surface area contributed by atoms with Crippen LogP contribution in [0.2, 0.25) is 0 Å². The van der Waals surface area contributed by atoms with Crippen molar-refractivity contribution in [3.63, 3.8) is 0 Å². The van der Waals surface area contributed by atoms with E-state index in [1.165, 1.54) is 17.0 Å². The maximum Gasteiger partial charge on any atom is 0.276 e. The molecule has 2 aromatic rings. The number of sulfonamides is 1. The summed E-state index contributed by atoms with van der Waals surface area (Å²) >= 11 is 0. The van der Waals surface area contributed by atoms with Gasteiger partial charge in [0.25, 0.3) is 5.91 Å². The fourth-order valence-corrected chi connectivity index (χ4v) is 3.65. The van der Waals surface area contributed by atoms with Gasteiger partial charge >= 0.3 is 0 Å². The van der Waals surface area contributed by atoms with Crippen molar-refractivity contribution >= 4 is 15.9 Å². The summed E-state index contributed by atoms with van der Waals surface area (Å²) < 4.78 is 30.2. The minimum absolute atomic E-state index is 0.238. The highest BCUT2D eigenvalue weighted by molar-refractivity contribution is 7.88. The van der Waals surface area contributed by atoms with E-state index in [4.69, 9.17) is 4.42 Å². The van der Waals surface area contributed by atoms with E-state index in [2.05, 4.69) is 4.98 Å². The monoisotopic (exact) mass is 349 g/mol. The van der Waals surface area contributed by atoms with Crippen LogP contribution in [0.5, 0.6) is 0 Å². The molecule has 1 aromatic heterocycles. The van der Waals surface area contributed by atoms with Gasteiger partial charge in [-0.3, -0.25) is 4.79 Å². The standard InChI is InChI=1S/C16H19N3O4S/c1-24(21,22)19-9-5-8-18(10-11-19)16(20)14-15(23-12-17-14)13-6-3-2-4-7-13/h2-4,6-7,12H,5,8-11H2,1H3. The van der Waals surface area contributed by atoms with Gasteiger partial charge < -0.3 is 9.32 Å². The molecule has 0 bridgehead atoms. The third-order valence-electron chi connectivity index (χ3n) is 4.02. The number of rotatable bonds is 3. The number of amides is 1. The van der Waals surface area contributed by atoms with E-state index in [1.54, 1.807) is 4.90 Å². The molecule has 7 nitrogen and oxygen atoms in total. The Kier molecular flexibility index (Phi) is 4.68. The minimum atomic E-state index is -3.24. The predicted molar refractivity (Wildman–Crippen MR) is 88.9 cm³/mol. The van der Waals surface area contributed by atoms with Crippen LogP contribution in [0.3, 0.4) is 0 Å². The van der Waals surface area contributed by atoms with Crippen molar-refractivity contribution in [2.45, 2.75) is 6.42 Å². The quantitative estimate of drug-likeness (QED) is 0.837. The van der Waals surface area contributed by atoms with Gasteiger partial charge in [-0.05, 0) is 6.42 Å². The summed E-state index contributed by atoms with van der Waals surface area (Å²) in [6, 6.07) is 9.32. The van der Waals surface area contributed by atoms with Crippen molar-refractivity contribution in [1.82, 2.24) is 14.2 Å². The number of carbonyl (C=O) groups excluding carboxylic acids is 1. The van der Waals surface area contributed by atoms with E-state index >= 15 is 0 Å². The lowest BCUT2D eigenvalue weighted by Crippen LogP contribution is -2.37. The molecule has 0 atom stereocenters. The van der Waals surface area contributed by atoms with Crippen LogP contribution in [0.25, 0.3) is 11.3 Å². The topological polar surface area (TPSA) is 83.7 Å². The summed E-state index contributed by atoms with van der Waals surface area (Å²) in [5.41, 5.74) is 1.04. The van der Waals surface area contributed by atoms with Crippen molar-refractivity contribution in [1.29, 1.82) is 0 Å². The summed E-state index contributed by atoms with van der Waals surface area (Å²) in [6.07, 6.45) is 3.04. The summed E-state index contributed by atoms with van der Waals surface area (Å²) in [6.45, 7) is 1.55. The summed E-state index contributed by atoms with van der Waals surface area (Å²) in [5, 5.41) is 0. The maximum atomic E-state index is 12.8. The second-order valence-electron chi connectivity index (χ2n) is 5.70. The van der Waals surface area contributed by atoms with Gasteiger partial charge in [0.15, 0.2) is 17.8 Å². The Hall–Kier alpha value is -2.19. The number of aromatic nitrogens is 1. The summed E-state index contributed by atoms with van der Waals surface area (Å²) in [5.74, 6) is 0.197. The normalized spacial score (nSPS) is 16.8. The van der Waals surface area contributed by atoms with Gasteiger partial charge in [-0.25, -0.2) is 17.7 Å². The lowest BCUT2D eigenvalue weighted by atomic mass is 10.1.